The molecule has 1 saturated carbocycles. The van der Waals surface area contributed by atoms with Crippen molar-refractivity contribution in [1.82, 2.24) is 10.2 Å². The van der Waals surface area contributed by atoms with Crippen LogP contribution in [0.25, 0.3) is 0 Å². The summed E-state index contributed by atoms with van der Waals surface area (Å²) >= 11 is 6.09. The molecule has 0 bridgehead atoms. The first-order chi connectivity index (χ1) is 10.1. The lowest BCUT2D eigenvalue weighted by Gasteiger charge is -2.24. The summed E-state index contributed by atoms with van der Waals surface area (Å²) in [6.45, 7) is 2.18. The van der Waals surface area contributed by atoms with Gasteiger partial charge in [0.15, 0.2) is 0 Å². The van der Waals surface area contributed by atoms with Gasteiger partial charge in [0, 0.05) is 23.0 Å². The van der Waals surface area contributed by atoms with Gasteiger partial charge in [0.05, 0.1) is 6.54 Å². The Morgan fingerprint density at radius 1 is 1.38 bits per heavy atom. The van der Waals surface area contributed by atoms with E-state index in [-0.39, 0.29) is 24.3 Å². The Morgan fingerprint density at radius 3 is 2.81 bits per heavy atom. The Labute approximate surface area is 129 Å². The molecule has 0 radical (unpaired) electrons. The first-order valence-electron chi connectivity index (χ1n) is 7.58. The monoisotopic (exact) mass is 310 g/mol. The summed E-state index contributed by atoms with van der Waals surface area (Å²) in [6, 6.07) is 4.94. The molecule has 1 aliphatic carbocycles. The van der Waals surface area contributed by atoms with Gasteiger partial charge in [0.25, 0.3) is 0 Å². The van der Waals surface area contributed by atoms with Crippen molar-refractivity contribution >= 4 is 17.5 Å². The quantitative estimate of drug-likeness (QED) is 0.907. The predicted octanol–water partition coefficient (Wildman–Crippen LogP) is 2.97. The van der Waals surface area contributed by atoms with E-state index in [2.05, 4.69) is 5.32 Å². The third-order valence-electron chi connectivity index (χ3n) is 4.32. The first-order valence-corrected chi connectivity index (χ1v) is 7.96. The third-order valence-corrected chi connectivity index (χ3v) is 4.68. The van der Waals surface area contributed by atoms with E-state index in [1.807, 2.05) is 4.90 Å². The molecule has 0 aromatic heterocycles. The van der Waals surface area contributed by atoms with Crippen LogP contribution in [0.2, 0.25) is 5.02 Å². The second-order valence-electron chi connectivity index (χ2n) is 6.02. The molecule has 2 aliphatic rings. The molecule has 1 aliphatic heterocycles. The zero-order valence-electron chi connectivity index (χ0n) is 11.9. The molecule has 1 unspecified atom stereocenters. The van der Waals surface area contributed by atoms with Gasteiger partial charge in [0.2, 0.25) is 5.91 Å². The number of nitrogens with zero attached hydrogens (tertiary/aromatic N) is 1. The molecule has 1 N–H and O–H groups in total. The number of rotatable bonds is 5. The van der Waals surface area contributed by atoms with Crippen molar-refractivity contribution in [2.75, 3.05) is 13.1 Å². The van der Waals surface area contributed by atoms with Crippen LogP contribution in [0.1, 0.15) is 31.2 Å². The number of carbonyl (C=O) groups is 1. The fourth-order valence-electron chi connectivity index (χ4n) is 2.91. The van der Waals surface area contributed by atoms with E-state index < -0.39 is 0 Å². The van der Waals surface area contributed by atoms with Gasteiger partial charge in [-0.15, -0.1) is 0 Å². The molecule has 1 aromatic rings. The van der Waals surface area contributed by atoms with Crippen LogP contribution in [0.3, 0.4) is 0 Å². The summed E-state index contributed by atoms with van der Waals surface area (Å²) in [5.74, 6) is 0.212. The summed E-state index contributed by atoms with van der Waals surface area (Å²) in [5.41, 5.74) is 0.434. The molecule has 1 atom stereocenters. The lowest BCUT2D eigenvalue weighted by atomic mass is 10.0. The molecule has 3 nitrogen and oxygen atoms in total. The standard InChI is InChI=1S/C16H20ClFN2O/c17-14-2-1-3-15(18)13(14)10-20(12-4-5-12)16(21)8-11-6-7-19-9-11/h1-3,11-12,19H,4-10H2. The molecular weight excluding hydrogens is 291 g/mol. The lowest BCUT2D eigenvalue weighted by Crippen LogP contribution is -2.34. The van der Waals surface area contributed by atoms with E-state index in [9.17, 15) is 9.18 Å². The second kappa shape index (κ2) is 6.32. The molecular formula is C16H20ClFN2O. The molecule has 1 saturated heterocycles. The smallest absolute Gasteiger partial charge is 0.223 e. The molecule has 114 valence electrons. The topological polar surface area (TPSA) is 32.3 Å². The minimum absolute atomic E-state index is 0.130. The van der Waals surface area contributed by atoms with Crippen LogP contribution in [-0.2, 0) is 11.3 Å². The highest BCUT2D eigenvalue weighted by Crippen LogP contribution is 2.32. The van der Waals surface area contributed by atoms with Gasteiger partial charge in [-0.05, 0) is 50.4 Å². The van der Waals surface area contributed by atoms with Crippen LogP contribution in [0, 0.1) is 11.7 Å². The van der Waals surface area contributed by atoms with E-state index in [0.29, 0.717) is 22.9 Å². The maximum atomic E-state index is 13.9. The van der Waals surface area contributed by atoms with E-state index in [4.69, 9.17) is 11.6 Å². The highest BCUT2D eigenvalue weighted by Gasteiger charge is 2.34. The highest BCUT2D eigenvalue weighted by atomic mass is 35.5. The van der Waals surface area contributed by atoms with Gasteiger partial charge in [-0.1, -0.05) is 17.7 Å². The average Bonchev–Trinajstić information content (AvgIpc) is 3.16. The fourth-order valence-corrected chi connectivity index (χ4v) is 3.14. The third kappa shape index (κ3) is 3.55. The molecule has 0 spiro atoms. The normalized spacial score (nSPS) is 21.5. The van der Waals surface area contributed by atoms with Crippen LogP contribution < -0.4 is 5.32 Å². The predicted molar refractivity (Wildman–Crippen MR) is 80.6 cm³/mol. The van der Waals surface area contributed by atoms with Crippen molar-refractivity contribution in [3.8, 4) is 0 Å². The van der Waals surface area contributed by atoms with Crippen LogP contribution in [0.5, 0.6) is 0 Å². The van der Waals surface area contributed by atoms with Crippen molar-refractivity contribution < 1.29 is 9.18 Å². The van der Waals surface area contributed by atoms with Crippen LogP contribution in [-0.4, -0.2) is 29.9 Å². The molecule has 1 heterocycles. The van der Waals surface area contributed by atoms with Crippen molar-refractivity contribution in [3.63, 3.8) is 0 Å². The summed E-state index contributed by atoms with van der Waals surface area (Å²) in [5, 5.41) is 3.68. The number of nitrogens with one attached hydrogen (secondary N) is 1. The van der Waals surface area contributed by atoms with E-state index >= 15 is 0 Å². The molecule has 2 fully saturated rings. The fraction of sp³-hybridized carbons (Fsp3) is 0.562. The van der Waals surface area contributed by atoms with Gasteiger partial charge >= 0.3 is 0 Å². The van der Waals surface area contributed by atoms with Gasteiger partial charge in [-0.25, -0.2) is 4.39 Å². The first kappa shape index (κ1) is 14.8. The van der Waals surface area contributed by atoms with Crippen LogP contribution in [0.4, 0.5) is 4.39 Å². The average molecular weight is 311 g/mol. The Hall–Kier alpha value is -1.13. The molecule has 1 aromatic carbocycles. The number of carbonyl (C=O) groups excluding carboxylic acids is 1. The number of hydrogen-bond acceptors (Lipinski definition) is 2. The SMILES string of the molecule is O=C(CC1CCNC1)N(Cc1c(F)cccc1Cl)C1CC1. The summed E-state index contributed by atoms with van der Waals surface area (Å²) in [7, 11) is 0. The maximum Gasteiger partial charge on any atom is 0.223 e. The highest BCUT2D eigenvalue weighted by molar-refractivity contribution is 6.31. The van der Waals surface area contributed by atoms with E-state index in [0.717, 1.165) is 32.4 Å². The van der Waals surface area contributed by atoms with Crippen LogP contribution >= 0.6 is 11.6 Å². The largest absolute Gasteiger partial charge is 0.335 e. The van der Waals surface area contributed by atoms with Gasteiger partial charge < -0.3 is 10.2 Å². The zero-order valence-corrected chi connectivity index (χ0v) is 12.7. The van der Waals surface area contributed by atoms with Crippen molar-refractivity contribution in [1.29, 1.82) is 0 Å². The summed E-state index contributed by atoms with van der Waals surface area (Å²) < 4.78 is 13.9. The Balaban J connectivity index is 1.71. The number of benzene rings is 1. The van der Waals surface area contributed by atoms with Crippen molar-refractivity contribution in [2.24, 2.45) is 5.92 Å². The molecule has 1 amide bonds. The lowest BCUT2D eigenvalue weighted by molar-refractivity contribution is -0.133. The maximum absolute atomic E-state index is 13.9. The Morgan fingerprint density at radius 2 is 2.19 bits per heavy atom. The minimum atomic E-state index is -0.330. The number of amides is 1. The van der Waals surface area contributed by atoms with E-state index in [1.54, 1.807) is 12.1 Å². The molecule has 3 rings (SSSR count). The Bertz CT molecular complexity index is 507. The molecule has 5 heteroatoms. The van der Waals surface area contributed by atoms with Crippen molar-refractivity contribution in [2.45, 2.75) is 38.3 Å². The van der Waals surface area contributed by atoms with Gasteiger partial charge in [-0.3, -0.25) is 4.79 Å². The Kier molecular flexibility index (Phi) is 4.45. The van der Waals surface area contributed by atoms with Crippen molar-refractivity contribution in [3.05, 3.63) is 34.6 Å². The number of halogens is 2. The zero-order chi connectivity index (χ0) is 14.8. The van der Waals surface area contributed by atoms with Gasteiger partial charge in [-0.2, -0.15) is 0 Å². The van der Waals surface area contributed by atoms with E-state index in [1.165, 1.54) is 6.07 Å². The van der Waals surface area contributed by atoms with Gasteiger partial charge in [0.1, 0.15) is 5.82 Å². The summed E-state index contributed by atoms with van der Waals surface area (Å²) in [6.07, 6.45) is 3.63. The number of hydrogen-bond donors (Lipinski definition) is 1. The molecule has 21 heavy (non-hydrogen) atoms. The second-order valence-corrected chi connectivity index (χ2v) is 6.42. The summed E-state index contributed by atoms with van der Waals surface area (Å²) in [4.78, 5) is 14.4. The van der Waals surface area contributed by atoms with Crippen LogP contribution in [0.15, 0.2) is 18.2 Å². The minimum Gasteiger partial charge on any atom is -0.335 e.